The number of aryl methyl sites for hydroxylation is 1. The molecular weight excluding hydrogens is 232 g/mol. The van der Waals surface area contributed by atoms with Crippen molar-refractivity contribution in [3.05, 3.63) is 23.3 Å². The van der Waals surface area contributed by atoms with Crippen LogP contribution in [0.15, 0.2) is 17.0 Å². The molecule has 1 aromatic carbocycles. The number of ether oxygens (including phenoxy) is 1. The Kier molecular flexibility index (Phi) is 5.34. The van der Waals surface area contributed by atoms with Crippen LogP contribution in [0.3, 0.4) is 0 Å². The minimum atomic E-state index is 0.202. The van der Waals surface area contributed by atoms with Crippen LogP contribution < -0.4 is 4.74 Å². The first-order valence-electron chi connectivity index (χ1n) is 5.95. The monoisotopic (exact) mass is 254 g/mol. The van der Waals surface area contributed by atoms with Gasteiger partial charge in [-0.3, -0.25) is 0 Å². The molecule has 1 aromatic rings. The number of hydrogen-bond donors (Lipinski definition) is 1. The highest BCUT2D eigenvalue weighted by atomic mass is 32.2. The normalized spacial score (nSPS) is 12.9. The van der Waals surface area contributed by atoms with Crippen LogP contribution in [0.25, 0.3) is 0 Å². The van der Waals surface area contributed by atoms with Crippen molar-refractivity contribution in [1.29, 1.82) is 0 Å². The van der Waals surface area contributed by atoms with E-state index in [4.69, 9.17) is 9.84 Å². The molecule has 1 unspecified atom stereocenters. The first-order valence-corrected chi connectivity index (χ1v) is 6.83. The van der Waals surface area contributed by atoms with Crippen LogP contribution in [0.5, 0.6) is 5.75 Å². The minimum Gasteiger partial charge on any atom is -0.496 e. The van der Waals surface area contributed by atoms with Gasteiger partial charge in [0, 0.05) is 10.1 Å². The SMILES string of the molecule is COc1cc(C)c(SC(C)CO)cc1C(C)C. The molecule has 1 rings (SSSR count). The highest BCUT2D eigenvalue weighted by Crippen LogP contribution is 2.35. The van der Waals surface area contributed by atoms with Gasteiger partial charge in [0.1, 0.15) is 5.75 Å². The highest BCUT2D eigenvalue weighted by Gasteiger charge is 2.13. The summed E-state index contributed by atoms with van der Waals surface area (Å²) in [6.45, 7) is 8.64. The van der Waals surface area contributed by atoms with E-state index < -0.39 is 0 Å². The summed E-state index contributed by atoms with van der Waals surface area (Å²) < 4.78 is 5.42. The predicted molar refractivity (Wildman–Crippen MR) is 74.2 cm³/mol. The van der Waals surface area contributed by atoms with Gasteiger partial charge in [-0.25, -0.2) is 0 Å². The Balaban J connectivity index is 3.10. The Labute approximate surface area is 108 Å². The number of thioether (sulfide) groups is 1. The summed E-state index contributed by atoms with van der Waals surface area (Å²) in [7, 11) is 1.71. The van der Waals surface area contributed by atoms with E-state index in [0.717, 1.165) is 5.75 Å². The number of aliphatic hydroxyl groups is 1. The molecule has 0 aliphatic carbocycles. The summed E-state index contributed by atoms with van der Waals surface area (Å²) in [5.74, 6) is 1.40. The Hall–Kier alpha value is -0.670. The molecule has 0 amide bonds. The zero-order valence-electron chi connectivity index (χ0n) is 11.3. The molecule has 96 valence electrons. The topological polar surface area (TPSA) is 29.5 Å². The van der Waals surface area contributed by atoms with E-state index in [9.17, 15) is 0 Å². The molecule has 0 saturated carbocycles. The van der Waals surface area contributed by atoms with Gasteiger partial charge in [0.05, 0.1) is 13.7 Å². The van der Waals surface area contributed by atoms with E-state index in [-0.39, 0.29) is 11.9 Å². The molecule has 0 aromatic heterocycles. The molecule has 0 heterocycles. The summed E-state index contributed by atoms with van der Waals surface area (Å²) in [6, 6.07) is 4.28. The van der Waals surface area contributed by atoms with Crippen molar-refractivity contribution in [3.8, 4) is 5.75 Å². The van der Waals surface area contributed by atoms with Gasteiger partial charge >= 0.3 is 0 Å². The third-order valence-corrected chi connectivity index (χ3v) is 3.98. The lowest BCUT2D eigenvalue weighted by Crippen LogP contribution is -2.03. The molecule has 3 heteroatoms. The third kappa shape index (κ3) is 3.65. The summed E-state index contributed by atoms with van der Waals surface area (Å²) in [5.41, 5.74) is 2.43. The average Bonchev–Trinajstić information content (AvgIpc) is 2.30. The molecule has 0 aliphatic rings. The van der Waals surface area contributed by atoms with Crippen LogP contribution in [-0.4, -0.2) is 24.1 Å². The number of benzene rings is 1. The average molecular weight is 254 g/mol. The van der Waals surface area contributed by atoms with Crippen LogP contribution in [0.2, 0.25) is 0 Å². The fourth-order valence-corrected chi connectivity index (χ4v) is 2.63. The number of hydrogen-bond acceptors (Lipinski definition) is 3. The van der Waals surface area contributed by atoms with Crippen LogP contribution in [0.1, 0.15) is 37.8 Å². The molecule has 0 fully saturated rings. The Morgan fingerprint density at radius 3 is 2.41 bits per heavy atom. The maximum absolute atomic E-state index is 9.12. The molecule has 0 bridgehead atoms. The molecule has 2 nitrogen and oxygen atoms in total. The van der Waals surface area contributed by atoms with Gasteiger partial charge < -0.3 is 9.84 Å². The quantitative estimate of drug-likeness (QED) is 0.814. The number of aliphatic hydroxyl groups excluding tert-OH is 1. The fourth-order valence-electron chi connectivity index (χ4n) is 1.69. The molecule has 0 spiro atoms. The largest absolute Gasteiger partial charge is 0.496 e. The van der Waals surface area contributed by atoms with Gasteiger partial charge in [0.15, 0.2) is 0 Å². The van der Waals surface area contributed by atoms with Gasteiger partial charge in [-0.1, -0.05) is 20.8 Å². The van der Waals surface area contributed by atoms with E-state index in [1.54, 1.807) is 18.9 Å². The van der Waals surface area contributed by atoms with Crippen LogP contribution in [-0.2, 0) is 0 Å². The first kappa shape index (κ1) is 14.4. The molecule has 17 heavy (non-hydrogen) atoms. The Morgan fingerprint density at radius 1 is 1.29 bits per heavy atom. The van der Waals surface area contributed by atoms with E-state index >= 15 is 0 Å². The van der Waals surface area contributed by atoms with Gasteiger partial charge in [0.25, 0.3) is 0 Å². The van der Waals surface area contributed by atoms with E-state index in [1.807, 2.05) is 6.92 Å². The van der Waals surface area contributed by atoms with Crippen molar-refractivity contribution in [2.75, 3.05) is 13.7 Å². The summed E-state index contributed by atoms with van der Waals surface area (Å²) in [6.07, 6.45) is 0. The van der Waals surface area contributed by atoms with Crippen molar-refractivity contribution in [2.45, 2.75) is 43.8 Å². The number of rotatable bonds is 5. The smallest absolute Gasteiger partial charge is 0.122 e. The van der Waals surface area contributed by atoms with Crippen LogP contribution >= 0.6 is 11.8 Å². The molecule has 1 N–H and O–H groups in total. The van der Waals surface area contributed by atoms with Gasteiger partial charge in [-0.2, -0.15) is 0 Å². The molecular formula is C14H22O2S. The van der Waals surface area contributed by atoms with Gasteiger partial charge in [0.2, 0.25) is 0 Å². The summed E-state index contributed by atoms with van der Waals surface area (Å²) in [4.78, 5) is 1.23. The van der Waals surface area contributed by atoms with E-state index in [1.165, 1.54) is 16.0 Å². The fraction of sp³-hybridized carbons (Fsp3) is 0.571. The van der Waals surface area contributed by atoms with E-state index in [2.05, 4.69) is 32.9 Å². The number of methoxy groups -OCH3 is 1. The van der Waals surface area contributed by atoms with Gasteiger partial charge in [-0.05, 0) is 36.1 Å². The maximum atomic E-state index is 9.12. The van der Waals surface area contributed by atoms with Gasteiger partial charge in [-0.15, -0.1) is 11.8 Å². The molecule has 0 saturated heterocycles. The first-order chi connectivity index (χ1) is 7.99. The second kappa shape index (κ2) is 6.31. The highest BCUT2D eigenvalue weighted by molar-refractivity contribution is 8.00. The second-order valence-corrected chi connectivity index (χ2v) is 6.11. The van der Waals surface area contributed by atoms with Crippen LogP contribution in [0, 0.1) is 6.92 Å². The maximum Gasteiger partial charge on any atom is 0.122 e. The molecule has 1 atom stereocenters. The van der Waals surface area contributed by atoms with Crippen molar-refractivity contribution >= 4 is 11.8 Å². The summed E-state index contributed by atoms with van der Waals surface area (Å²) in [5, 5.41) is 9.34. The van der Waals surface area contributed by atoms with Crippen molar-refractivity contribution in [2.24, 2.45) is 0 Å². The zero-order chi connectivity index (χ0) is 13.0. The molecule has 0 aliphatic heterocycles. The van der Waals surface area contributed by atoms with Crippen molar-refractivity contribution in [3.63, 3.8) is 0 Å². The van der Waals surface area contributed by atoms with E-state index in [0.29, 0.717) is 5.92 Å². The Bertz CT molecular complexity index is 375. The lowest BCUT2D eigenvalue weighted by Gasteiger charge is -2.17. The zero-order valence-corrected chi connectivity index (χ0v) is 12.1. The minimum absolute atomic E-state index is 0.202. The lowest BCUT2D eigenvalue weighted by atomic mass is 10.0. The van der Waals surface area contributed by atoms with Crippen molar-refractivity contribution in [1.82, 2.24) is 0 Å². The van der Waals surface area contributed by atoms with Crippen LogP contribution in [0.4, 0.5) is 0 Å². The summed E-state index contributed by atoms with van der Waals surface area (Å²) >= 11 is 1.72. The predicted octanol–water partition coefficient (Wildman–Crippen LogP) is 3.60. The van der Waals surface area contributed by atoms with Crippen molar-refractivity contribution < 1.29 is 9.84 Å². The lowest BCUT2D eigenvalue weighted by molar-refractivity contribution is 0.300. The Morgan fingerprint density at radius 2 is 1.94 bits per heavy atom. The molecule has 0 radical (unpaired) electrons. The third-order valence-electron chi connectivity index (χ3n) is 2.73. The standard InChI is InChI=1S/C14H22O2S/c1-9(2)12-7-14(17-11(4)8-15)10(3)6-13(12)16-5/h6-7,9,11,15H,8H2,1-5H3. The second-order valence-electron chi connectivity index (χ2n) is 4.63.